The van der Waals surface area contributed by atoms with Crippen molar-refractivity contribution in [3.05, 3.63) is 41.4 Å². The number of hydrogen-bond donors (Lipinski definition) is 1. The number of benzene rings is 1. The lowest BCUT2D eigenvalue weighted by Crippen LogP contribution is -2.20. The molecular formula is C11H13NOS. The molecule has 0 fully saturated rings. The van der Waals surface area contributed by atoms with Gasteiger partial charge in [0.15, 0.2) is 0 Å². The van der Waals surface area contributed by atoms with Crippen LogP contribution in [0.3, 0.4) is 0 Å². The number of thioether (sulfide) groups is 1. The minimum atomic E-state index is -0.197. The third-order valence-electron chi connectivity index (χ3n) is 1.86. The fraction of sp³-hybridized carbons (Fsp3) is 0.273. The normalized spacial score (nSPS) is 18.9. The highest BCUT2D eigenvalue weighted by atomic mass is 32.2. The molecule has 1 N–H and O–H groups in total. The first-order chi connectivity index (χ1) is 6.66. The molecule has 0 aliphatic carbocycles. The van der Waals surface area contributed by atoms with Crippen LogP contribution in [-0.2, 0) is 4.84 Å². The third-order valence-corrected chi connectivity index (χ3v) is 2.79. The fourth-order valence-electron chi connectivity index (χ4n) is 1.22. The second-order valence-corrected chi connectivity index (χ2v) is 4.85. The lowest BCUT2D eigenvalue weighted by atomic mass is 10.1. The van der Waals surface area contributed by atoms with Crippen LogP contribution >= 0.6 is 11.8 Å². The summed E-state index contributed by atoms with van der Waals surface area (Å²) in [5.74, 6) is 0. The summed E-state index contributed by atoms with van der Waals surface area (Å²) in [6.07, 6.45) is 2.09. The molecule has 14 heavy (non-hydrogen) atoms. The largest absolute Gasteiger partial charge is 0.265 e. The van der Waals surface area contributed by atoms with Crippen molar-refractivity contribution < 1.29 is 4.84 Å². The van der Waals surface area contributed by atoms with Gasteiger partial charge in [0.1, 0.15) is 5.60 Å². The van der Waals surface area contributed by atoms with Crippen LogP contribution in [0.15, 0.2) is 46.3 Å². The molecule has 0 spiro atoms. The monoisotopic (exact) mass is 207 g/mol. The third kappa shape index (κ3) is 2.30. The Labute approximate surface area is 88.3 Å². The van der Waals surface area contributed by atoms with Gasteiger partial charge in [0, 0.05) is 4.90 Å². The SMILES string of the molecule is CC1(C)C=C(Sc2ccccc2)NO1. The van der Waals surface area contributed by atoms with Gasteiger partial charge >= 0.3 is 0 Å². The molecule has 2 rings (SSSR count). The highest BCUT2D eigenvalue weighted by Gasteiger charge is 2.24. The maximum Gasteiger partial charge on any atom is 0.111 e. The Bertz CT molecular complexity index is 346. The van der Waals surface area contributed by atoms with Crippen LogP contribution in [0.1, 0.15) is 13.8 Å². The summed E-state index contributed by atoms with van der Waals surface area (Å²) < 4.78 is 0. The Balaban J connectivity index is 2.07. The Morgan fingerprint density at radius 3 is 2.50 bits per heavy atom. The summed E-state index contributed by atoms with van der Waals surface area (Å²) in [5, 5.41) is 1.06. The van der Waals surface area contributed by atoms with Gasteiger partial charge in [-0.25, -0.2) is 0 Å². The van der Waals surface area contributed by atoms with E-state index in [4.69, 9.17) is 4.84 Å². The van der Waals surface area contributed by atoms with E-state index in [0.29, 0.717) is 0 Å². The van der Waals surface area contributed by atoms with Crippen molar-refractivity contribution in [2.75, 3.05) is 0 Å². The zero-order valence-electron chi connectivity index (χ0n) is 8.28. The summed E-state index contributed by atoms with van der Waals surface area (Å²) in [5.41, 5.74) is 2.72. The zero-order valence-corrected chi connectivity index (χ0v) is 9.10. The van der Waals surface area contributed by atoms with E-state index in [1.807, 2.05) is 32.0 Å². The van der Waals surface area contributed by atoms with Gasteiger partial charge in [-0.1, -0.05) is 30.0 Å². The molecule has 0 saturated heterocycles. The molecule has 0 aromatic heterocycles. The van der Waals surface area contributed by atoms with Crippen LogP contribution in [0, 0.1) is 0 Å². The summed E-state index contributed by atoms with van der Waals surface area (Å²) in [6.45, 7) is 4.05. The van der Waals surface area contributed by atoms with Crippen LogP contribution in [0.4, 0.5) is 0 Å². The molecule has 0 radical (unpaired) electrons. The highest BCUT2D eigenvalue weighted by molar-refractivity contribution is 8.03. The number of nitrogens with one attached hydrogen (secondary N) is 1. The summed E-state index contributed by atoms with van der Waals surface area (Å²) in [6, 6.07) is 10.2. The number of rotatable bonds is 2. The van der Waals surface area contributed by atoms with Crippen molar-refractivity contribution in [1.82, 2.24) is 5.48 Å². The van der Waals surface area contributed by atoms with Crippen LogP contribution in [0.5, 0.6) is 0 Å². The smallest absolute Gasteiger partial charge is 0.111 e. The molecule has 1 aromatic carbocycles. The second-order valence-electron chi connectivity index (χ2n) is 3.73. The van der Waals surface area contributed by atoms with Gasteiger partial charge in [-0.2, -0.15) is 0 Å². The molecule has 74 valence electrons. The quantitative estimate of drug-likeness (QED) is 0.805. The van der Waals surface area contributed by atoms with Crippen molar-refractivity contribution in [3.8, 4) is 0 Å². The summed E-state index contributed by atoms with van der Waals surface area (Å²) in [7, 11) is 0. The molecule has 0 bridgehead atoms. The van der Waals surface area contributed by atoms with Crippen LogP contribution in [0.25, 0.3) is 0 Å². The van der Waals surface area contributed by atoms with Gasteiger partial charge in [-0.3, -0.25) is 10.3 Å². The molecular weight excluding hydrogens is 194 g/mol. The maximum absolute atomic E-state index is 5.36. The van der Waals surface area contributed by atoms with Gasteiger partial charge in [0.2, 0.25) is 0 Å². The molecule has 1 aliphatic rings. The summed E-state index contributed by atoms with van der Waals surface area (Å²) in [4.78, 5) is 6.58. The Hall–Kier alpha value is -0.930. The summed E-state index contributed by atoms with van der Waals surface area (Å²) >= 11 is 1.68. The minimum absolute atomic E-state index is 0.197. The molecule has 1 aliphatic heterocycles. The Kier molecular flexibility index (Phi) is 2.52. The van der Waals surface area contributed by atoms with E-state index in [-0.39, 0.29) is 5.60 Å². The molecule has 3 heteroatoms. The van der Waals surface area contributed by atoms with E-state index in [1.54, 1.807) is 11.8 Å². The Morgan fingerprint density at radius 1 is 1.21 bits per heavy atom. The van der Waals surface area contributed by atoms with Crippen molar-refractivity contribution in [2.45, 2.75) is 24.3 Å². The predicted octanol–water partition coefficient (Wildman–Crippen LogP) is 2.93. The maximum atomic E-state index is 5.36. The second kappa shape index (κ2) is 3.67. The van der Waals surface area contributed by atoms with Gasteiger partial charge in [-0.05, 0) is 32.1 Å². The standard InChI is InChI=1S/C11H13NOS/c1-11(2)8-10(12-13-11)14-9-6-4-3-5-7-9/h3-8,12H,1-2H3. The molecule has 0 atom stereocenters. The van der Waals surface area contributed by atoms with Crippen molar-refractivity contribution in [3.63, 3.8) is 0 Å². The zero-order chi connectivity index (χ0) is 10.0. The van der Waals surface area contributed by atoms with Crippen LogP contribution in [-0.4, -0.2) is 5.60 Å². The predicted molar refractivity (Wildman–Crippen MR) is 58.7 cm³/mol. The first-order valence-electron chi connectivity index (χ1n) is 4.55. The average Bonchev–Trinajstić information content (AvgIpc) is 2.47. The van der Waals surface area contributed by atoms with E-state index < -0.39 is 0 Å². The van der Waals surface area contributed by atoms with Gasteiger partial charge in [0.05, 0.1) is 5.03 Å². The van der Waals surface area contributed by atoms with Crippen molar-refractivity contribution in [1.29, 1.82) is 0 Å². The number of hydroxylamine groups is 1. The van der Waals surface area contributed by atoms with Crippen molar-refractivity contribution >= 4 is 11.8 Å². The number of hydrogen-bond acceptors (Lipinski definition) is 3. The topological polar surface area (TPSA) is 21.3 Å². The molecule has 0 unspecified atom stereocenters. The van der Waals surface area contributed by atoms with Crippen LogP contribution in [0.2, 0.25) is 0 Å². The first-order valence-corrected chi connectivity index (χ1v) is 5.37. The molecule has 0 amide bonds. The van der Waals surface area contributed by atoms with E-state index in [2.05, 4.69) is 23.7 Å². The van der Waals surface area contributed by atoms with Gasteiger partial charge in [0.25, 0.3) is 0 Å². The molecule has 1 heterocycles. The molecule has 0 saturated carbocycles. The van der Waals surface area contributed by atoms with E-state index in [0.717, 1.165) is 5.03 Å². The molecule has 1 aromatic rings. The minimum Gasteiger partial charge on any atom is -0.265 e. The fourth-order valence-corrected chi connectivity index (χ4v) is 2.20. The van der Waals surface area contributed by atoms with Gasteiger partial charge in [-0.15, -0.1) is 0 Å². The first kappa shape index (κ1) is 9.62. The van der Waals surface area contributed by atoms with E-state index >= 15 is 0 Å². The highest BCUT2D eigenvalue weighted by Crippen LogP contribution is 2.30. The lowest BCUT2D eigenvalue weighted by Gasteiger charge is -2.11. The molecule has 2 nitrogen and oxygen atoms in total. The van der Waals surface area contributed by atoms with E-state index in [1.165, 1.54) is 4.90 Å². The Morgan fingerprint density at radius 2 is 1.93 bits per heavy atom. The van der Waals surface area contributed by atoms with Crippen molar-refractivity contribution in [2.24, 2.45) is 0 Å². The van der Waals surface area contributed by atoms with Crippen LogP contribution < -0.4 is 5.48 Å². The lowest BCUT2D eigenvalue weighted by molar-refractivity contribution is -0.0126. The average molecular weight is 207 g/mol. The van der Waals surface area contributed by atoms with E-state index in [9.17, 15) is 0 Å². The van der Waals surface area contributed by atoms with Gasteiger partial charge < -0.3 is 0 Å².